The van der Waals surface area contributed by atoms with Gasteiger partial charge in [0.1, 0.15) is 28.5 Å². The van der Waals surface area contributed by atoms with E-state index >= 15 is 0 Å². The quantitative estimate of drug-likeness (QED) is 0.246. The minimum absolute atomic E-state index is 0.195. The normalized spacial score (nSPS) is 13.7. The molecule has 0 spiro atoms. The first kappa shape index (κ1) is 27.6. The number of sulfonamides is 1. The molecule has 0 aliphatic heterocycles. The van der Waals surface area contributed by atoms with E-state index in [1.165, 1.54) is 4.31 Å². The molecular weight excluding hydrogens is 502 g/mol. The Labute approximate surface area is 224 Å². The fourth-order valence-corrected chi connectivity index (χ4v) is 5.95. The first-order valence-corrected chi connectivity index (χ1v) is 14.1. The Morgan fingerprint density at radius 2 is 1.39 bits per heavy atom. The van der Waals surface area contributed by atoms with Crippen molar-refractivity contribution in [2.45, 2.75) is 51.3 Å². The molecule has 0 radical (unpaired) electrons. The van der Waals surface area contributed by atoms with E-state index in [9.17, 15) is 8.42 Å². The maximum Gasteiger partial charge on any atom is 0.220 e. The monoisotopic (exact) mass is 537 g/mol. The Hall–Kier alpha value is -3.40. The lowest BCUT2D eigenvalue weighted by Crippen LogP contribution is -2.40. The van der Waals surface area contributed by atoms with Gasteiger partial charge in [-0.2, -0.15) is 4.31 Å². The second-order valence-corrected chi connectivity index (χ2v) is 11.7. The summed E-state index contributed by atoms with van der Waals surface area (Å²) in [5, 5.41) is -0.897. The zero-order valence-electron chi connectivity index (χ0n) is 22.4. The number of methoxy groups -OCH3 is 2. The lowest BCUT2D eigenvalue weighted by Gasteiger charge is -2.31. The molecule has 0 saturated heterocycles. The van der Waals surface area contributed by atoms with Crippen molar-refractivity contribution < 1.29 is 22.6 Å². The number of fused-ring (bicyclic) bond motifs is 1. The van der Waals surface area contributed by atoms with Gasteiger partial charge in [0.2, 0.25) is 10.0 Å². The van der Waals surface area contributed by atoms with Crippen LogP contribution in [0.4, 0.5) is 0 Å². The van der Waals surface area contributed by atoms with E-state index in [0.717, 1.165) is 16.8 Å². The SMILES string of the molecule is COc1ccc(CN(Cc2ccc(OC)cc2)S(=O)(=O)C(C)C(OC(C)C)c2cn3ccccc3n2)cc1. The number of aromatic nitrogens is 2. The van der Waals surface area contributed by atoms with Crippen molar-refractivity contribution in [2.75, 3.05) is 14.2 Å². The smallest absolute Gasteiger partial charge is 0.220 e. The van der Waals surface area contributed by atoms with Crippen LogP contribution >= 0.6 is 0 Å². The number of ether oxygens (including phenoxy) is 3. The number of pyridine rings is 1. The fraction of sp³-hybridized carbons (Fsp3) is 0.345. The van der Waals surface area contributed by atoms with Gasteiger partial charge >= 0.3 is 0 Å². The maximum atomic E-state index is 14.3. The van der Waals surface area contributed by atoms with Gasteiger partial charge in [-0.3, -0.25) is 0 Å². The van der Waals surface area contributed by atoms with Crippen molar-refractivity contribution in [1.29, 1.82) is 0 Å². The van der Waals surface area contributed by atoms with Gasteiger partial charge in [0, 0.05) is 25.5 Å². The number of rotatable bonds is 12. The molecule has 4 aromatic rings. The summed E-state index contributed by atoms with van der Waals surface area (Å²) in [6.07, 6.45) is 2.77. The molecule has 2 heterocycles. The number of imidazole rings is 1. The van der Waals surface area contributed by atoms with Gasteiger partial charge < -0.3 is 18.6 Å². The predicted molar refractivity (Wildman–Crippen MR) is 148 cm³/mol. The topological polar surface area (TPSA) is 82.4 Å². The van der Waals surface area contributed by atoms with Gasteiger partial charge in [-0.15, -0.1) is 0 Å². The van der Waals surface area contributed by atoms with Crippen LogP contribution in [0, 0.1) is 0 Å². The Morgan fingerprint density at radius 3 is 1.87 bits per heavy atom. The van der Waals surface area contributed by atoms with Gasteiger partial charge in [0.05, 0.1) is 26.0 Å². The van der Waals surface area contributed by atoms with Crippen LogP contribution in [-0.4, -0.2) is 47.7 Å². The lowest BCUT2D eigenvalue weighted by atomic mass is 10.2. The molecule has 8 nitrogen and oxygen atoms in total. The second-order valence-electron chi connectivity index (χ2n) is 9.45. The Morgan fingerprint density at radius 1 is 0.842 bits per heavy atom. The highest BCUT2D eigenvalue weighted by Crippen LogP contribution is 2.31. The van der Waals surface area contributed by atoms with Crippen molar-refractivity contribution in [3.63, 3.8) is 0 Å². The van der Waals surface area contributed by atoms with Crippen molar-refractivity contribution in [1.82, 2.24) is 13.7 Å². The van der Waals surface area contributed by atoms with E-state index in [2.05, 4.69) is 0 Å². The molecule has 0 N–H and O–H groups in total. The summed E-state index contributed by atoms with van der Waals surface area (Å²) in [4.78, 5) is 4.69. The number of benzene rings is 2. The molecule has 0 aliphatic carbocycles. The first-order valence-electron chi connectivity index (χ1n) is 12.5. The molecule has 2 aromatic carbocycles. The molecule has 0 amide bonds. The molecule has 202 valence electrons. The van der Waals surface area contributed by atoms with Crippen LogP contribution in [0.5, 0.6) is 11.5 Å². The zero-order chi connectivity index (χ0) is 27.3. The molecule has 9 heteroatoms. The molecule has 2 atom stereocenters. The maximum absolute atomic E-state index is 14.3. The van der Waals surface area contributed by atoms with Crippen molar-refractivity contribution in [3.05, 3.63) is 95.9 Å². The third kappa shape index (κ3) is 6.35. The highest BCUT2D eigenvalue weighted by molar-refractivity contribution is 7.89. The van der Waals surface area contributed by atoms with E-state index in [1.54, 1.807) is 21.1 Å². The summed E-state index contributed by atoms with van der Waals surface area (Å²) < 4.78 is 48.6. The van der Waals surface area contributed by atoms with E-state index in [1.807, 2.05) is 97.4 Å². The van der Waals surface area contributed by atoms with Gasteiger partial charge in [-0.1, -0.05) is 30.3 Å². The van der Waals surface area contributed by atoms with Crippen molar-refractivity contribution in [2.24, 2.45) is 0 Å². The fourth-order valence-electron chi connectivity index (χ4n) is 4.30. The minimum atomic E-state index is -3.86. The van der Waals surface area contributed by atoms with Crippen LogP contribution < -0.4 is 9.47 Å². The third-order valence-corrected chi connectivity index (χ3v) is 8.55. The van der Waals surface area contributed by atoms with Gasteiger partial charge in [-0.25, -0.2) is 13.4 Å². The summed E-state index contributed by atoms with van der Waals surface area (Å²) >= 11 is 0. The Balaban J connectivity index is 1.70. The molecule has 0 fully saturated rings. The van der Waals surface area contributed by atoms with Crippen LogP contribution in [0.25, 0.3) is 5.65 Å². The number of hydrogen-bond donors (Lipinski definition) is 0. The van der Waals surface area contributed by atoms with Crippen LogP contribution in [0.15, 0.2) is 79.1 Å². The molecule has 2 unspecified atom stereocenters. The molecule has 4 rings (SSSR count). The molecule has 0 bridgehead atoms. The largest absolute Gasteiger partial charge is 0.497 e. The summed E-state index contributed by atoms with van der Waals surface area (Å²) in [5.41, 5.74) is 3.01. The Kier molecular flexibility index (Phi) is 8.71. The molecular formula is C29H35N3O5S. The van der Waals surface area contributed by atoms with Gasteiger partial charge in [-0.05, 0) is 68.3 Å². The zero-order valence-corrected chi connectivity index (χ0v) is 23.3. The van der Waals surface area contributed by atoms with Crippen LogP contribution in [0.2, 0.25) is 0 Å². The average molecular weight is 538 g/mol. The summed E-state index contributed by atoms with van der Waals surface area (Å²) in [7, 11) is -0.658. The average Bonchev–Trinajstić information content (AvgIpc) is 3.36. The summed E-state index contributed by atoms with van der Waals surface area (Å²) in [5.74, 6) is 1.42. The molecule has 38 heavy (non-hydrogen) atoms. The van der Waals surface area contributed by atoms with Gasteiger partial charge in [0.25, 0.3) is 0 Å². The van der Waals surface area contributed by atoms with E-state index < -0.39 is 21.4 Å². The summed E-state index contributed by atoms with van der Waals surface area (Å²) in [6.45, 7) is 5.88. The summed E-state index contributed by atoms with van der Waals surface area (Å²) in [6, 6.07) is 20.5. The Bertz CT molecular complexity index is 1350. The van der Waals surface area contributed by atoms with E-state index in [0.29, 0.717) is 17.2 Å². The van der Waals surface area contributed by atoms with E-state index in [-0.39, 0.29) is 19.2 Å². The lowest BCUT2D eigenvalue weighted by molar-refractivity contribution is 0.00346. The third-order valence-electron chi connectivity index (χ3n) is 6.38. The minimum Gasteiger partial charge on any atom is -0.497 e. The van der Waals surface area contributed by atoms with Crippen molar-refractivity contribution in [3.8, 4) is 11.5 Å². The molecule has 0 aliphatic rings. The van der Waals surface area contributed by atoms with Crippen LogP contribution in [-0.2, 0) is 27.8 Å². The highest BCUT2D eigenvalue weighted by atomic mass is 32.2. The predicted octanol–water partition coefficient (Wildman–Crippen LogP) is 5.24. The molecule has 2 aromatic heterocycles. The number of nitrogens with zero attached hydrogens (tertiary/aromatic N) is 3. The van der Waals surface area contributed by atoms with Crippen molar-refractivity contribution >= 4 is 15.7 Å². The number of hydrogen-bond acceptors (Lipinski definition) is 6. The first-order chi connectivity index (χ1) is 18.2. The standard InChI is InChI=1S/C29H35N3O5S/c1-21(2)37-29(27-20-31-17-7-6-8-28(31)30-27)22(3)38(33,34)32(18-23-9-13-25(35-4)14-10-23)19-24-11-15-26(36-5)16-12-24/h6-17,20-22,29H,18-19H2,1-5H3. The van der Waals surface area contributed by atoms with Crippen LogP contribution in [0.3, 0.4) is 0 Å². The van der Waals surface area contributed by atoms with Gasteiger partial charge in [0.15, 0.2) is 0 Å². The molecule has 0 saturated carbocycles. The van der Waals surface area contributed by atoms with E-state index in [4.69, 9.17) is 19.2 Å². The van der Waals surface area contributed by atoms with Crippen LogP contribution in [0.1, 0.15) is 43.7 Å². The highest BCUT2D eigenvalue weighted by Gasteiger charge is 2.38. The second kappa shape index (κ2) is 12.0.